The second kappa shape index (κ2) is 9.27. The molecule has 0 atom stereocenters. The Kier molecular flexibility index (Phi) is 5.86. The van der Waals surface area contributed by atoms with E-state index in [1.54, 1.807) is 12.5 Å². The van der Waals surface area contributed by atoms with Gasteiger partial charge in [0.25, 0.3) is 0 Å². The minimum atomic E-state index is 0. The van der Waals surface area contributed by atoms with Gasteiger partial charge < -0.3 is 15.0 Å². The first-order chi connectivity index (χ1) is 16.3. The molecule has 0 amide bonds. The molecule has 8 bridgehead atoms. The van der Waals surface area contributed by atoms with E-state index in [1.807, 2.05) is 48.6 Å². The summed E-state index contributed by atoms with van der Waals surface area (Å²) in [6, 6.07) is 16.4. The van der Waals surface area contributed by atoms with Crippen LogP contribution in [0.1, 0.15) is 22.8 Å². The van der Waals surface area contributed by atoms with Crippen molar-refractivity contribution in [3.05, 3.63) is 90.2 Å². The van der Waals surface area contributed by atoms with E-state index in [9.17, 15) is 0 Å². The van der Waals surface area contributed by atoms with Gasteiger partial charge in [-0.1, -0.05) is 0 Å². The summed E-state index contributed by atoms with van der Waals surface area (Å²) in [5, 5.41) is 0. The molecule has 0 fully saturated rings. The Hall–Kier alpha value is -4.33. The largest absolute Gasteiger partial charge is 0.355 e. The minimum absolute atomic E-state index is 0. The summed E-state index contributed by atoms with van der Waals surface area (Å²) in [6.45, 7) is 0. The van der Waals surface area contributed by atoms with E-state index in [2.05, 4.69) is 64.1 Å². The summed E-state index contributed by atoms with van der Waals surface area (Å²) >= 11 is 0. The smallest absolute Gasteiger partial charge is 0.180 e. The molecule has 166 valence electrons. The quantitative estimate of drug-likeness (QED) is 0.261. The van der Waals surface area contributed by atoms with E-state index in [1.165, 1.54) is 6.33 Å². The third kappa shape index (κ3) is 4.71. The van der Waals surface area contributed by atoms with Crippen molar-refractivity contribution in [2.75, 3.05) is 0 Å². The van der Waals surface area contributed by atoms with Crippen LogP contribution in [0, 0.1) is 0 Å². The predicted octanol–water partition coefficient (Wildman–Crippen LogP) is 5.01. The fourth-order valence-corrected chi connectivity index (χ4v) is 3.63. The van der Waals surface area contributed by atoms with Gasteiger partial charge >= 0.3 is 0 Å². The third-order valence-electron chi connectivity index (χ3n) is 5.14. The van der Waals surface area contributed by atoms with Crippen molar-refractivity contribution in [2.45, 2.75) is 0 Å². The van der Waals surface area contributed by atoms with Gasteiger partial charge in [0.1, 0.15) is 11.8 Å². The summed E-state index contributed by atoms with van der Waals surface area (Å²) in [7, 11) is 0. The Morgan fingerprint density at radius 1 is 0.588 bits per heavy atom. The Balaban J connectivity index is 0.000000203. The number of nitrogens with one attached hydrogen (secondary N) is 3. The maximum Gasteiger partial charge on any atom is 0.180 e. The number of imidazole rings is 1. The first kappa shape index (κ1) is 21.5. The number of nitrogens with zero attached hydrogens (tertiary/aromatic N) is 5. The fraction of sp³-hybridized carbons (Fsp3) is 0. The standard InChI is InChI=1S/C20H14N4.C5H4N4.Fe/c1-2-14-10-16-5-6-18(23-16)12-20-8-7-19(24-20)11-17-4-3-15(22-17)9-13(1)21-14;1-4-5(8-2-6-1)9-3-7-4;/h1-12,21,24H;1-3H,(H,6,7,8,9);. The average molecular weight is 486 g/mol. The molecule has 34 heavy (non-hydrogen) atoms. The molecule has 0 aliphatic carbocycles. The number of hydrogen-bond donors (Lipinski definition) is 3. The molecular weight excluding hydrogens is 468 g/mol. The average Bonchev–Trinajstić information content (AvgIpc) is 3.63. The van der Waals surface area contributed by atoms with E-state index in [0.717, 1.165) is 50.4 Å². The zero-order chi connectivity index (χ0) is 22.0. The second-order valence-electron chi connectivity index (χ2n) is 7.57. The number of aromatic amines is 3. The van der Waals surface area contributed by atoms with Gasteiger partial charge in [-0.15, -0.1) is 0 Å². The van der Waals surface area contributed by atoms with Crippen LogP contribution >= 0.6 is 0 Å². The van der Waals surface area contributed by atoms with Gasteiger partial charge in [-0.05, 0) is 72.8 Å². The van der Waals surface area contributed by atoms with E-state index in [-0.39, 0.29) is 17.1 Å². The van der Waals surface area contributed by atoms with Crippen LogP contribution in [0.5, 0.6) is 0 Å². The molecule has 0 spiro atoms. The molecule has 8 nitrogen and oxygen atoms in total. The molecule has 0 unspecified atom stereocenters. The number of fused-ring (bicyclic) bond motifs is 9. The van der Waals surface area contributed by atoms with Crippen molar-refractivity contribution in [1.29, 1.82) is 0 Å². The summed E-state index contributed by atoms with van der Waals surface area (Å²) in [4.78, 5) is 30.5. The van der Waals surface area contributed by atoms with Gasteiger partial charge in [-0.2, -0.15) is 0 Å². The Morgan fingerprint density at radius 3 is 1.50 bits per heavy atom. The molecule has 3 N–H and O–H groups in total. The van der Waals surface area contributed by atoms with Crippen molar-refractivity contribution >= 4 is 57.5 Å². The SMILES string of the molecule is C1=Cc2cc3ccc(cc4nc(cc5ccc(cc1n2)[nH]5)C=C4)[nH]3.[Fe].c1ncc2[nH]cnc2n1. The van der Waals surface area contributed by atoms with Crippen LogP contribution in [0.25, 0.3) is 57.5 Å². The van der Waals surface area contributed by atoms with Crippen molar-refractivity contribution < 1.29 is 17.1 Å². The molecule has 0 saturated carbocycles. The zero-order valence-corrected chi connectivity index (χ0v) is 18.9. The van der Waals surface area contributed by atoms with Gasteiger partial charge in [0.05, 0.1) is 35.3 Å². The van der Waals surface area contributed by atoms with Crippen molar-refractivity contribution in [3.8, 4) is 0 Å². The molecule has 2 aliphatic heterocycles. The van der Waals surface area contributed by atoms with Gasteiger partial charge in [0, 0.05) is 39.1 Å². The topological polar surface area (TPSA) is 112 Å². The molecule has 7 rings (SSSR count). The number of rotatable bonds is 0. The molecule has 0 radical (unpaired) electrons. The van der Waals surface area contributed by atoms with Crippen LogP contribution in [0.4, 0.5) is 0 Å². The van der Waals surface area contributed by atoms with Crippen LogP contribution < -0.4 is 0 Å². The Labute approximate surface area is 204 Å². The van der Waals surface area contributed by atoms with Gasteiger partial charge in [0.15, 0.2) is 5.65 Å². The monoisotopic (exact) mass is 486 g/mol. The second-order valence-corrected chi connectivity index (χ2v) is 7.57. The summed E-state index contributed by atoms with van der Waals surface area (Å²) < 4.78 is 0. The van der Waals surface area contributed by atoms with Crippen LogP contribution in [-0.4, -0.2) is 39.9 Å². The van der Waals surface area contributed by atoms with Crippen LogP contribution in [0.3, 0.4) is 0 Å². The number of H-pyrrole nitrogens is 3. The van der Waals surface area contributed by atoms with Gasteiger partial charge in [0.2, 0.25) is 0 Å². The zero-order valence-electron chi connectivity index (χ0n) is 17.7. The van der Waals surface area contributed by atoms with E-state index >= 15 is 0 Å². The van der Waals surface area contributed by atoms with E-state index in [4.69, 9.17) is 0 Å². The van der Waals surface area contributed by atoms with Crippen LogP contribution in [0.2, 0.25) is 0 Å². The first-order valence-electron chi connectivity index (χ1n) is 10.4. The van der Waals surface area contributed by atoms with Gasteiger partial charge in [-0.3, -0.25) is 0 Å². The molecule has 0 saturated heterocycles. The predicted molar refractivity (Wildman–Crippen MR) is 131 cm³/mol. The van der Waals surface area contributed by atoms with Crippen molar-refractivity contribution in [1.82, 2.24) is 39.9 Å². The Bertz CT molecular complexity index is 1480. The molecule has 0 aromatic carbocycles. The summed E-state index contributed by atoms with van der Waals surface area (Å²) in [5.74, 6) is 0. The molecule has 5 aromatic heterocycles. The van der Waals surface area contributed by atoms with Crippen LogP contribution in [-0.2, 0) is 17.1 Å². The number of aromatic nitrogens is 8. The van der Waals surface area contributed by atoms with E-state index in [0.29, 0.717) is 5.65 Å². The summed E-state index contributed by atoms with van der Waals surface area (Å²) in [5.41, 5.74) is 9.45. The first-order valence-corrected chi connectivity index (χ1v) is 10.4. The molecular formula is C25H18FeN8. The van der Waals surface area contributed by atoms with Gasteiger partial charge in [-0.25, -0.2) is 24.9 Å². The van der Waals surface area contributed by atoms with Crippen molar-refractivity contribution in [2.24, 2.45) is 0 Å². The molecule has 5 aromatic rings. The number of hydrogen-bond acceptors (Lipinski definition) is 5. The fourth-order valence-electron chi connectivity index (χ4n) is 3.63. The molecule has 2 aliphatic rings. The van der Waals surface area contributed by atoms with E-state index < -0.39 is 0 Å². The third-order valence-corrected chi connectivity index (χ3v) is 5.14. The maximum atomic E-state index is 4.63. The Morgan fingerprint density at radius 2 is 1.06 bits per heavy atom. The van der Waals surface area contributed by atoms with Crippen LogP contribution in [0.15, 0.2) is 67.4 Å². The molecule has 9 heteroatoms. The molecule has 7 heterocycles. The van der Waals surface area contributed by atoms with Crippen molar-refractivity contribution in [3.63, 3.8) is 0 Å². The maximum absolute atomic E-state index is 4.63. The summed E-state index contributed by atoms with van der Waals surface area (Å²) in [6.07, 6.45) is 12.9. The normalized spacial score (nSPS) is 11.6. The minimum Gasteiger partial charge on any atom is -0.355 e.